The number of piperazine rings is 1. The van der Waals surface area contributed by atoms with Crippen LogP contribution in [-0.2, 0) is 9.53 Å². The van der Waals surface area contributed by atoms with Gasteiger partial charge in [-0.1, -0.05) is 0 Å². The first-order chi connectivity index (χ1) is 8.16. The van der Waals surface area contributed by atoms with E-state index in [-0.39, 0.29) is 11.9 Å². The molecule has 0 aromatic carbocycles. The van der Waals surface area contributed by atoms with Gasteiger partial charge in [0.25, 0.3) is 0 Å². The molecule has 0 saturated carbocycles. The van der Waals surface area contributed by atoms with Gasteiger partial charge in [-0.3, -0.25) is 9.69 Å². The molecule has 100 valence electrons. The summed E-state index contributed by atoms with van der Waals surface area (Å²) in [4.78, 5) is 16.3. The number of carbonyl (C=O) groups excluding carboxylic acids is 1. The van der Waals surface area contributed by atoms with Gasteiger partial charge in [-0.25, -0.2) is 0 Å². The molecule has 1 atom stereocenters. The van der Waals surface area contributed by atoms with Gasteiger partial charge in [0.1, 0.15) is 0 Å². The van der Waals surface area contributed by atoms with Crippen molar-refractivity contribution in [1.29, 1.82) is 0 Å². The van der Waals surface area contributed by atoms with Crippen LogP contribution in [0.25, 0.3) is 0 Å². The van der Waals surface area contributed by atoms with Crippen LogP contribution in [0, 0.1) is 0 Å². The number of hydrogen-bond donors (Lipinski definition) is 1. The van der Waals surface area contributed by atoms with E-state index in [0.29, 0.717) is 0 Å². The number of hydrogen-bond acceptors (Lipinski definition) is 4. The first kappa shape index (κ1) is 14.4. The van der Waals surface area contributed by atoms with Gasteiger partial charge >= 0.3 is 0 Å². The number of likely N-dealkylation sites (N-methyl/N-ethyl adjacent to an activating group) is 1. The Kier molecular flexibility index (Phi) is 6.47. The van der Waals surface area contributed by atoms with E-state index >= 15 is 0 Å². The monoisotopic (exact) mass is 243 g/mol. The van der Waals surface area contributed by atoms with Gasteiger partial charge < -0.3 is 15.0 Å². The molecule has 1 amide bonds. The third kappa shape index (κ3) is 4.61. The summed E-state index contributed by atoms with van der Waals surface area (Å²) >= 11 is 0. The maximum atomic E-state index is 12.2. The highest BCUT2D eigenvalue weighted by molar-refractivity contribution is 5.81. The summed E-state index contributed by atoms with van der Waals surface area (Å²) in [5, 5.41) is 3.26. The van der Waals surface area contributed by atoms with Gasteiger partial charge in [0, 0.05) is 46.4 Å². The molecule has 1 N–H and O–H groups in total. The molecule has 1 unspecified atom stereocenters. The lowest BCUT2D eigenvalue weighted by Crippen LogP contribution is -2.52. The second kappa shape index (κ2) is 7.63. The van der Waals surface area contributed by atoms with Crippen molar-refractivity contribution in [3.8, 4) is 0 Å². The fourth-order valence-corrected chi connectivity index (χ4v) is 1.99. The Bertz CT molecular complexity index is 230. The van der Waals surface area contributed by atoms with Gasteiger partial charge in [-0.05, 0) is 20.4 Å². The van der Waals surface area contributed by atoms with E-state index in [2.05, 4.69) is 10.2 Å². The lowest BCUT2D eigenvalue weighted by atomic mass is 10.2. The van der Waals surface area contributed by atoms with Crippen LogP contribution < -0.4 is 5.32 Å². The van der Waals surface area contributed by atoms with Crippen LogP contribution in [0.2, 0.25) is 0 Å². The highest BCUT2D eigenvalue weighted by Gasteiger charge is 2.24. The van der Waals surface area contributed by atoms with Crippen LogP contribution in [0.1, 0.15) is 13.3 Å². The van der Waals surface area contributed by atoms with E-state index in [1.165, 1.54) is 0 Å². The summed E-state index contributed by atoms with van der Waals surface area (Å²) in [6.45, 7) is 7.10. The predicted molar refractivity (Wildman–Crippen MR) is 68.0 cm³/mol. The second-order valence-corrected chi connectivity index (χ2v) is 4.58. The highest BCUT2D eigenvalue weighted by Crippen LogP contribution is 2.04. The molecule has 1 aliphatic rings. The first-order valence-electron chi connectivity index (χ1n) is 6.35. The van der Waals surface area contributed by atoms with Crippen molar-refractivity contribution < 1.29 is 9.53 Å². The van der Waals surface area contributed by atoms with Crippen LogP contribution in [0.4, 0.5) is 0 Å². The Balaban J connectivity index is 2.33. The number of carbonyl (C=O) groups is 1. The number of nitrogens with one attached hydrogen (secondary N) is 1. The standard InChI is InChI=1S/C12H25N3O2/c1-11(14(2)7-4-10-17-3)12(16)15-8-5-13-6-9-15/h11,13H,4-10H2,1-3H3. The molecule has 0 aromatic heterocycles. The largest absolute Gasteiger partial charge is 0.385 e. The van der Waals surface area contributed by atoms with E-state index in [0.717, 1.165) is 45.8 Å². The van der Waals surface area contributed by atoms with E-state index in [9.17, 15) is 4.79 Å². The zero-order chi connectivity index (χ0) is 12.7. The summed E-state index contributed by atoms with van der Waals surface area (Å²) in [6, 6.07) is -0.0371. The SMILES string of the molecule is COCCCN(C)C(C)C(=O)N1CCNCC1. The van der Waals surface area contributed by atoms with Crippen molar-refractivity contribution in [1.82, 2.24) is 15.1 Å². The molecule has 0 radical (unpaired) electrons. The zero-order valence-electron chi connectivity index (χ0n) is 11.2. The van der Waals surface area contributed by atoms with Gasteiger partial charge in [0.15, 0.2) is 0 Å². The van der Waals surface area contributed by atoms with Gasteiger partial charge in [-0.15, -0.1) is 0 Å². The van der Waals surface area contributed by atoms with E-state index < -0.39 is 0 Å². The molecular formula is C12H25N3O2. The molecule has 0 bridgehead atoms. The smallest absolute Gasteiger partial charge is 0.239 e. The minimum absolute atomic E-state index is 0.0371. The minimum atomic E-state index is -0.0371. The van der Waals surface area contributed by atoms with Crippen LogP contribution >= 0.6 is 0 Å². The highest BCUT2D eigenvalue weighted by atomic mass is 16.5. The molecule has 0 aliphatic carbocycles. The number of amides is 1. The fraction of sp³-hybridized carbons (Fsp3) is 0.917. The summed E-state index contributed by atoms with van der Waals surface area (Å²) < 4.78 is 5.02. The summed E-state index contributed by atoms with van der Waals surface area (Å²) in [6.07, 6.45) is 0.964. The number of methoxy groups -OCH3 is 1. The Morgan fingerprint density at radius 2 is 2.12 bits per heavy atom. The maximum Gasteiger partial charge on any atom is 0.239 e. The lowest BCUT2D eigenvalue weighted by Gasteiger charge is -2.33. The number of nitrogens with zero attached hydrogens (tertiary/aromatic N) is 2. The van der Waals surface area contributed by atoms with Crippen LogP contribution in [0.15, 0.2) is 0 Å². The Morgan fingerprint density at radius 3 is 2.71 bits per heavy atom. The van der Waals surface area contributed by atoms with Crippen LogP contribution in [0.5, 0.6) is 0 Å². The van der Waals surface area contributed by atoms with Gasteiger partial charge in [0.2, 0.25) is 5.91 Å². The minimum Gasteiger partial charge on any atom is -0.385 e. The molecule has 1 fully saturated rings. The van der Waals surface area contributed by atoms with Crippen molar-refractivity contribution in [3.63, 3.8) is 0 Å². The van der Waals surface area contributed by atoms with Gasteiger partial charge in [0.05, 0.1) is 6.04 Å². The summed E-state index contributed by atoms with van der Waals surface area (Å²) in [5.41, 5.74) is 0. The Hall–Kier alpha value is -0.650. The van der Waals surface area contributed by atoms with Crippen molar-refractivity contribution in [2.24, 2.45) is 0 Å². The fourth-order valence-electron chi connectivity index (χ4n) is 1.99. The molecule has 1 rings (SSSR count). The van der Waals surface area contributed by atoms with E-state index in [1.54, 1.807) is 7.11 Å². The van der Waals surface area contributed by atoms with E-state index in [1.807, 2.05) is 18.9 Å². The third-order valence-corrected chi connectivity index (χ3v) is 3.31. The van der Waals surface area contributed by atoms with Crippen molar-refractivity contribution >= 4 is 5.91 Å². The van der Waals surface area contributed by atoms with Crippen LogP contribution in [0.3, 0.4) is 0 Å². The molecule has 0 aromatic rings. The summed E-state index contributed by atoms with van der Waals surface area (Å²) in [5.74, 6) is 0.242. The molecule has 5 heteroatoms. The Morgan fingerprint density at radius 1 is 1.47 bits per heavy atom. The van der Waals surface area contributed by atoms with Crippen molar-refractivity contribution in [2.75, 3.05) is 53.5 Å². The normalized spacial score (nSPS) is 18.5. The quantitative estimate of drug-likeness (QED) is 0.655. The number of ether oxygens (including phenoxy) is 1. The Labute approximate surface area is 104 Å². The first-order valence-corrected chi connectivity index (χ1v) is 6.35. The summed E-state index contributed by atoms with van der Waals surface area (Å²) in [7, 11) is 3.70. The third-order valence-electron chi connectivity index (χ3n) is 3.31. The topological polar surface area (TPSA) is 44.8 Å². The molecule has 1 aliphatic heterocycles. The van der Waals surface area contributed by atoms with E-state index in [4.69, 9.17) is 4.74 Å². The molecular weight excluding hydrogens is 218 g/mol. The zero-order valence-corrected chi connectivity index (χ0v) is 11.2. The predicted octanol–water partition coefficient (Wildman–Crippen LogP) is -0.225. The average molecular weight is 243 g/mol. The van der Waals surface area contributed by atoms with Crippen molar-refractivity contribution in [2.45, 2.75) is 19.4 Å². The van der Waals surface area contributed by atoms with Gasteiger partial charge in [-0.2, -0.15) is 0 Å². The lowest BCUT2D eigenvalue weighted by molar-refractivity contribution is -0.136. The molecule has 5 nitrogen and oxygen atoms in total. The van der Waals surface area contributed by atoms with Crippen LogP contribution in [-0.4, -0.2) is 75.2 Å². The average Bonchev–Trinajstić information content (AvgIpc) is 2.38. The maximum absolute atomic E-state index is 12.2. The molecule has 1 heterocycles. The molecule has 17 heavy (non-hydrogen) atoms. The molecule has 0 spiro atoms. The molecule has 1 saturated heterocycles. The van der Waals surface area contributed by atoms with Crippen molar-refractivity contribution in [3.05, 3.63) is 0 Å². The second-order valence-electron chi connectivity index (χ2n) is 4.58. The number of rotatable bonds is 6.